The van der Waals surface area contributed by atoms with Crippen LogP contribution in [0.4, 0.5) is 0 Å². The molecule has 3 nitrogen and oxygen atoms in total. The first-order valence-corrected chi connectivity index (χ1v) is 12.1. The average molecular weight is 481 g/mol. The van der Waals surface area contributed by atoms with E-state index in [2.05, 4.69) is 17.1 Å². The van der Waals surface area contributed by atoms with E-state index in [4.69, 9.17) is 11.6 Å². The number of thiazole rings is 1. The zero-order chi connectivity index (χ0) is 23.5. The molecular formula is C29H21ClN2OS. The van der Waals surface area contributed by atoms with E-state index in [1.807, 2.05) is 109 Å². The van der Waals surface area contributed by atoms with Crippen molar-refractivity contribution in [1.82, 2.24) is 4.57 Å². The molecule has 1 amide bonds. The molecule has 0 aliphatic carbocycles. The third-order valence-electron chi connectivity index (χ3n) is 5.62. The Bertz CT molecular complexity index is 1520. The topological polar surface area (TPSA) is 34.4 Å². The molecule has 0 bridgehead atoms. The summed E-state index contributed by atoms with van der Waals surface area (Å²) in [5.74, 6) is -0.265. The summed E-state index contributed by atoms with van der Waals surface area (Å²) in [6.07, 6.45) is 0. The van der Waals surface area contributed by atoms with Crippen molar-refractivity contribution >= 4 is 28.8 Å². The van der Waals surface area contributed by atoms with Crippen LogP contribution in [0.15, 0.2) is 114 Å². The van der Waals surface area contributed by atoms with E-state index in [0.29, 0.717) is 15.4 Å². The van der Waals surface area contributed by atoms with E-state index in [0.717, 1.165) is 32.8 Å². The molecule has 0 radical (unpaired) electrons. The number of nitrogens with zero attached hydrogens (tertiary/aromatic N) is 2. The second kappa shape index (κ2) is 9.64. The normalized spacial score (nSPS) is 11.5. The van der Waals surface area contributed by atoms with Gasteiger partial charge in [0.05, 0.1) is 10.6 Å². The van der Waals surface area contributed by atoms with Gasteiger partial charge < -0.3 is 4.57 Å². The zero-order valence-electron chi connectivity index (χ0n) is 18.5. The molecular weight excluding hydrogens is 460 g/mol. The van der Waals surface area contributed by atoms with Gasteiger partial charge in [-0.25, -0.2) is 0 Å². The molecule has 0 N–H and O–H groups in total. The Morgan fingerprint density at radius 3 is 2.00 bits per heavy atom. The minimum atomic E-state index is -0.265. The van der Waals surface area contributed by atoms with Gasteiger partial charge in [-0.2, -0.15) is 4.99 Å². The largest absolute Gasteiger partial charge is 0.319 e. The number of carbonyl (C=O) groups excluding carboxylic acids is 1. The highest BCUT2D eigenvalue weighted by atomic mass is 35.5. The summed E-state index contributed by atoms with van der Waals surface area (Å²) >= 11 is 7.64. The third kappa shape index (κ3) is 4.38. The summed E-state index contributed by atoms with van der Waals surface area (Å²) in [7, 11) is 1.95. The fourth-order valence-corrected chi connectivity index (χ4v) is 5.23. The first-order valence-electron chi connectivity index (χ1n) is 10.9. The number of halogens is 1. The lowest BCUT2D eigenvalue weighted by Gasteiger charge is -2.08. The molecule has 0 aliphatic heterocycles. The summed E-state index contributed by atoms with van der Waals surface area (Å²) in [6, 6.07) is 35.4. The minimum absolute atomic E-state index is 0.265. The van der Waals surface area contributed by atoms with Crippen LogP contribution < -0.4 is 4.80 Å². The average Bonchev–Trinajstić information content (AvgIpc) is 3.21. The predicted molar refractivity (Wildman–Crippen MR) is 141 cm³/mol. The first kappa shape index (κ1) is 22.1. The van der Waals surface area contributed by atoms with Crippen LogP contribution in [-0.4, -0.2) is 10.5 Å². The van der Waals surface area contributed by atoms with Crippen LogP contribution in [0.25, 0.3) is 32.8 Å². The van der Waals surface area contributed by atoms with Crippen LogP contribution in [0.3, 0.4) is 0 Å². The summed E-state index contributed by atoms with van der Waals surface area (Å²) in [5, 5.41) is 0.681. The third-order valence-corrected chi connectivity index (χ3v) is 7.06. The van der Waals surface area contributed by atoms with Crippen LogP contribution in [0, 0.1) is 0 Å². The maximum Gasteiger partial charge on any atom is 0.280 e. The van der Waals surface area contributed by atoms with Crippen molar-refractivity contribution in [2.45, 2.75) is 0 Å². The molecule has 166 valence electrons. The van der Waals surface area contributed by atoms with Crippen LogP contribution in [-0.2, 0) is 7.05 Å². The number of rotatable bonds is 4. The van der Waals surface area contributed by atoms with Crippen molar-refractivity contribution in [2.24, 2.45) is 12.0 Å². The van der Waals surface area contributed by atoms with Gasteiger partial charge in [-0.1, -0.05) is 114 Å². The number of hydrogen-bond acceptors (Lipinski definition) is 2. The standard InChI is InChI=1S/C29H21ClN2OS/c1-32-26(21-16-18-23(30)19-17-21)27(22-12-6-3-7-13-22)34-29(32)31-28(33)25-15-9-8-14-24(25)20-10-4-2-5-11-20/h2-19H,1H3. The van der Waals surface area contributed by atoms with E-state index >= 15 is 0 Å². The maximum atomic E-state index is 13.4. The van der Waals surface area contributed by atoms with E-state index in [1.54, 1.807) is 0 Å². The lowest BCUT2D eigenvalue weighted by atomic mass is 9.99. The Kier molecular flexibility index (Phi) is 6.26. The van der Waals surface area contributed by atoms with Gasteiger partial charge in [0.1, 0.15) is 0 Å². The first-order chi connectivity index (χ1) is 16.6. The van der Waals surface area contributed by atoms with Crippen molar-refractivity contribution in [1.29, 1.82) is 0 Å². The summed E-state index contributed by atoms with van der Waals surface area (Å²) in [4.78, 5) is 19.7. The molecule has 5 rings (SSSR count). The van der Waals surface area contributed by atoms with Gasteiger partial charge >= 0.3 is 0 Å². The molecule has 0 fully saturated rings. The number of benzene rings is 4. The van der Waals surface area contributed by atoms with Crippen LogP contribution in [0.2, 0.25) is 5.02 Å². The van der Waals surface area contributed by atoms with Crippen LogP contribution >= 0.6 is 22.9 Å². The Balaban J connectivity index is 1.67. The highest BCUT2D eigenvalue weighted by molar-refractivity contribution is 7.13. The van der Waals surface area contributed by atoms with Crippen LogP contribution in [0.5, 0.6) is 0 Å². The molecule has 34 heavy (non-hydrogen) atoms. The SMILES string of the molecule is Cn1c(-c2ccc(Cl)cc2)c(-c2ccccc2)sc1=NC(=O)c1ccccc1-c1ccccc1. The lowest BCUT2D eigenvalue weighted by molar-refractivity contribution is 0.0998. The van der Waals surface area contributed by atoms with Gasteiger partial charge in [0.25, 0.3) is 5.91 Å². The summed E-state index contributed by atoms with van der Waals surface area (Å²) < 4.78 is 1.99. The molecule has 0 saturated heterocycles. The fourth-order valence-electron chi connectivity index (χ4n) is 3.96. The maximum absolute atomic E-state index is 13.4. The summed E-state index contributed by atoms with van der Waals surface area (Å²) in [6.45, 7) is 0. The Hall–Kier alpha value is -3.73. The predicted octanol–water partition coefficient (Wildman–Crippen LogP) is 7.48. The quantitative estimate of drug-likeness (QED) is 0.262. The molecule has 0 atom stereocenters. The Morgan fingerprint density at radius 1 is 0.735 bits per heavy atom. The van der Waals surface area contributed by atoms with Gasteiger partial charge in [-0.15, -0.1) is 0 Å². The Labute approximate surface area is 207 Å². The van der Waals surface area contributed by atoms with Crippen molar-refractivity contribution in [3.8, 4) is 32.8 Å². The van der Waals surface area contributed by atoms with Crippen molar-refractivity contribution in [3.05, 3.63) is 125 Å². The molecule has 0 unspecified atom stereocenters. The highest BCUT2D eigenvalue weighted by Gasteiger charge is 2.17. The van der Waals surface area contributed by atoms with E-state index < -0.39 is 0 Å². The molecule has 1 aromatic heterocycles. The van der Waals surface area contributed by atoms with Crippen molar-refractivity contribution < 1.29 is 4.79 Å². The monoisotopic (exact) mass is 480 g/mol. The Morgan fingerprint density at radius 2 is 1.32 bits per heavy atom. The highest BCUT2D eigenvalue weighted by Crippen LogP contribution is 2.34. The van der Waals surface area contributed by atoms with E-state index in [1.165, 1.54) is 11.3 Å². The molecule has 4 aromatic carbocycles. The molecule has 0 saturated carbocycles. The van der Waals surface area contributed by atoms with Crippen LogP contribution in [0.1, 0.15) is 10.4 Å². The van der Waals surface area contributed by atoms with E-state index in [9.17, 15) is 4.79 Å². The van der Waals surface area contributed by atoms with Gasteiger partial charge in [-0.05, 0) is 40.5 Å². The smallest absolute Gasteiger partial charge is 0.280 e. The second-order valence-electron chi connectivity index (χ2n) is 7.82. The fraction of sp³-hybridized carbons (Fsp3) is 0.0345. The van der Waals surface area contributed by atoms with Crippen molar-refractivity contribution in [2.75, 3.05) is 0 Å². The molecule has 0 spiro atoms. The molecule has 1 heterocycles. The molecule has 0 aliphatic rings. The van der Waals surface area contributed by atoms with E-state index in [-0.39, 0.29) is 5.91 Å². The number of carbonyl (C=O) groups is 1. The molecule has 5 heteroatoms. The van der Waals surface area contributed by atoms with Gasteiger partial charge in [-0.3, -0.25) is 4.79 Å². The number of aromatic nitrogens is 1. The molecule has 5 aromatic rings. The lowest BCUT2D eigenvalue weighted by Crippen LogP contribution is -2.14. The van der Waals surface area contributed by atoms with Gasteiger partial charge in [0.2, 0.25) is 0 Å². The van der Waals surface area contributed by atoms with Gasteiger partial charge in [0.15, 0.2) is 4.80 Å². The number of hydrogen-bond donors (Lipinski definition) is 0. The number of amides is 1. The minimum Gasteiger partial charge on any atom is -0.319 e. The van der Waals surface area contributed by atoms with Gasteiger partial charge in [0, 0.05) is 17.6 Å². The zero-order valence-corrected chi connectivity index (χ0v) is 20.1. The second-order valence-corrected chi connectivity index (χ2v) is 9.24. The summed E-state index contributed by atoms with van der Waals surface area (Å²) in [5.41, 5.74) is 5.53. The van der Waals surface area contributed by atoms with Crippen molar-refractivity contribution in [3.63, 3.8) is 0 Å².